The average Bonchev–Trinajstić information content (AvgIpc) is 2.38. The number of aryl methyl sites for hydroxylation is 1. The number of alkyl halides is 7. The lowest BCUT2D eigenvalue weighted by atomic mass is 9.97. The molecule has 0 saturated carbocycles. The summed E-state index contributed by atoms with van der Waals surface area (Å²) in [5.74, 6) is 0. The van der Waals surface area contributed by atoms with Crippen LogP contribution in [-0.2, 0) is 15.9 Å². The first kappa shape index (κ1) is 20.3. The minimum Gasteiger partial charge on any atom is -0.237 e. The van der Waals surface area contributed by atoms with Gasteiger partial charge in [-0.05, 0) is 30.4 Å². The average molecular weight is 432 g/mol. The van der Waals surface area contributed by atoms with E-state index in [1.165, 1.54) is 0 Å². The van der Waals surface area contributed by atoms with Crippen molar-refractivity contribution in [2.24, 2.45) is 0 Å². The van der Waals surface area contributed by atoms with E-state index in [9.17, 15) is 5.11 Å². The van der Waals surface area contributed by atoms with Crippen molar-refractivity contribution in [3.63, 3.8) is 0 Å². The second-order valence-corrected chi connectivity index (χ2v) is 9.40. The molecule has 1 nitrogen and oxygen atoms in total. The van der Waals surface area contributed by atoms with E-state index in [1.807, 2.05) is 12.1 Å². The Morgan fingerprint density at radius 2 is 1.43 bits per heavy atom. The molecular weight excluding hydrogens is 420 g/mol. The Hall–Kier alpha value is 1.21. The number of halogens is 7. The summed E-state index contributed by atoms with van der Waals surface area (Å²) in [4.78, 5) is 0. The quantitative estimate of drug-likeness (QED) is 0.356. The van der Waals surface area contributed by atoms with Gasteiger partial charge in [0.05, 0.1) is 6.61 Å². The van der Waals surface area contributed by atoms with Crippen LogP contribution < -0.4 is 0 Å². The van der Waals surface area contributed by atoms with Crippen LogP contribution >= 0.6 is 81.2 Å². The van der Waals surface area contributed by atoms with Crippen LogP contribution in [0.2, 0.25) is 0 Å². The van der Waals surface area contributed by atoms with Gasteiger partial charge in [-0.3, -0.25) is 0 Å². The Balaban J connectivity index is 3.19. The van der Waals surface area contributed by atoms with Gasteiger partial charge in [-0.15, -0.1) is 0 Å². The lowest BCUT2D eigenvalue weighted by Gasteiger charge is -2.38. The molecular formula is C13H12Cl7O. The van der Waals surface area contributed by atoms with E-state index in [1.54, 1.807) is 12.1 Å². The summed E-state index contributed by atoms with van der Waals surface area (Å²) in [5.41, 5.74) is 1.26. The lowest BCUT2D eigenvalue weighted by molar-refractivity contribution is 0.187. The molecule has 1 aromatic carbocycles. The zero-order chi connectivity index (χ0) is 16.3. The van der Waals surface area contributed by atoms with Gasteiger partial charge in [-0.25, -0.2) is 5.11 Å². The third-order valence-electron chi connectivity index (χ3n) is 2.95. The van der Waals surface area contributed by atoms with Crippen LogP contribution in [0.3, 0.4) is 0 Å². The van der Waals surface area contributed by atoms with E-state index < -0.39 is 12.5 Å². The molecule has 0 heterocycles. The maximum absolute atomic E-state index is 10.5. The van der Waals surface area contributed by atoms with E-state index in [0.29, 0.717) is 24.8 Å². The standard InChI is InChI=1S/C13H12Cl7O/c14-11(15,12(16,17)13(18,19)20)10-7-2-1-5-9(10)6-3-4-8-21/h1-2,5,7H,3-4,6,8H2. The van der Waals surface area contributed by atoms with Crippen LogP contribution in [0, 0.1) is 0 Å². The molecule has 8 heteroatoms. The first-order valence-corrected chi connectivity index (χ1v) is 8.69. The van der Waals surface area contributed by atoms with Crippen molar-refractivity contribution in [2.45, 2.75) is 31.7 Å². The molecule has 0 spiro atoms. The highest BCUT2D eigenvalue weighted by Crippen LogP contribution is 2.61. The molecule has 0 saturated heterocycles. The highest BCUT2D eigenvalue weighted by atomic mass is 35.6. The molecule has 119 valence electrons. The van der Waals surface area contributed by atoms with Crippen LogP contribution in [-0.4, -0.2) is 14.7 Å². The Morgan fingerprint density at radius 3 is 1.95 bits per heavy atom. The zero-order valence-electron chi connectivity index (χ0n) is 10.7. The monoisotopic (exact) mass is 429 g/mol. The second-order valence-electron chi connectivity index (χ2n) is 4.46. The Morgan fingerprint density at radius 1 is 0.857 bits per heavy atom. The number of unbranched alkanes of at least 4 members (excludes halogenated alkanes) is 1. The van der Waals surface area contributed by atoms with E-state index in [4.69, 9.17) is 81.2 Å². The van der Waals surface area contributed by atoms with Crippen molar-refractivity contribution in [3.05, 3.63) is 35.4 Å². The molecule has 1 aromatic rings. The summed E-state index contributed by atoms with van der Waals surface area (Å²) >= 11 is 42.3. The largest absolute Gasteiger partial charge is 0.237 e. The van der Waals surface area contributed by atoms with Crippen LogP contribution in [0.5, 0.6) is 0 Å². The van der Waals surface area contributed by atoms with Crippen LogP contribution in [0.25, 0.3) is 0 Å². The summed E-state index contributed by atoms with van der Waals surface area (Å²) in [5, 5.41) is 10.5. The SMILES string of the molecule is [O]CCCCc1ccccc1C(Cl)(Cl)C(Cl)(Cl)C(Cl)(Cl)Cl. The van der Waals surface area contributed by atoms with Crippen LogP contribution in [0.1, 0.15) is 24.0 Å². The van der Waals surface area contributed by atoms with Gasteiger partial charge in [0.1, 0.15) is 0 Å². The summed E-state index contributed by atoms with van der Waals surface area (Å²) in [6.07, 6.45) is 1.84. The second kappa shape index (κ2) is 7.85. The summed E-state index contributed by atoms with van der Waals surface area (Å²) in [7, 11) is 0. The first-order chi connectivity index (χ1) is 9.55. The van der Waals surface area contributed by atoms with Gasteiger partial charge in [0.2, 0.25) is 8.13 Å². The van der Waals surface area contributed by atoms with Gasteiger partial charge in [-0.2, -0.15) is 0 Å². The predicted molar refractivity (Wildman–Crippen MR) is 93.0 cm³/mol. The van der Waals surface area contributed by atoms with Crippen molar-refractivity contribution in [1.82, 2.24) is 0 Å². The highest BCUT2D eigenvalue weighted by Gasteiger charge is 2.61. The van der Waals surface area contributed by atoms with Gasteiger partial charge in [0, 0.05) is 0 Å². The molecule has 0 fully saturated rings. The number of hydrogen-bond acceptors (Lipinski definition) is 0. The Bertz CT molecular complexity index is 468. The van der Waals surface area contributed by atoms with Crippen molar-refractivity contribution in [1.29, 1.82) is 0 Å². The topological polar surface area (TPSA) is 19.9 Å². The minimum atomic E-state index is -2.10. The van der Waals surface area contributed by atoms with E-state index >= 15 is 0 Å². The molecule has 21 heavy (non-hydrogen) atoms. The van der Waals surface area contributed by atoms with E-state index in [2.05, 4.69) is 0 Å². The number of hydrogen-bond donors (Lipinski definition) is 0. The zero-order valence-corrected chi connectivity index (χ0v) is 16.0. The van der Waals surface area contributed by atoms with E-state index in [-0.39, 0.29) is 6.61 Å². The molecule has 1 rings (SSSR count). The Labute approximate surface area is 159 Å². The van der Waals surface area contributed by atoms with Gasteiger partial charge in [0.25, 0.3) is 0 Å². The fraction of sp³-hybridized carbons (Fsp3) is 0.538. The molecule has 0 aliphatic rings. The minimum absolute atomic E-state index is 0.141. The summed E-state index contributed by atoms with van der Waals surface area (Å²) in [6, 6.07) is 7.04. The molecule has 0 N–H and O–H groups in total. The third-order valence-corrected chi connectivity index (χ3v) is 6.87. The lowest BCUT2D eigenvalue weighted by Crippen LogP contribution is -2.45. The first-order valence-electron chi connectivity index (χ1n) is 6.04. The van der Waals surface area contributed by atoms with Gasteiger partial charge < -0.3 is 0 Å². The van der Waals surface area contributed by atoms with Crippen LogP contribution in [0.15, 0.2) is 24.3 Å². The van der Waals surface area contributed by atoms with Gasteiger partial charge in [0.15, 0.2) is 4.33 Å². The smallest absolute Gasteiger partial charge is 0.226 e. The molecule has 0 atom stereocenters. The van der Waals surface area contributed by atoms with Crippen LogP contribution in [0.4, 0.5) is 0 Å². The predicted octanol–water partition coefficient (Wildman–Crippen LogP) is 6.61. The maximum atomic E-state index is 10.5. The maximum Gasteiger partial charge on any atom is 0.226 e. The van der Waals surface area contributed by atoms with Crippen molar-refractivity contribution in [3.8, 4) is 0 Å². The Kier molecular flexibility index (Phi) is 7.58. The fourth-order valence-electron chi connectivity index (χ4n) is 1.81. The number of rotatable bonds is 6. The van der Waals surface area contributed by atoms with Gasteiger partial charge in [-0.1, -0.05) is 105 Å². The highest BCUT2D eigenvalue weighted by molar-refractivity contribution is 6.78. The fourth-order valence-corrected chi connectivity index (χ4v) is 3.38. The normalized spacial score (nSPS) is 13.5. The molecule has 1 radical (unpaired) electrons. The molecule has 0 unspecified atom stereocenters. The van der Waals surface area contributed by atoms with E-state index in [0.717, 1.165) is 5.56 Å². The van der Waals surface area contributed by atoms with Crippen molar-refractivity contribution < 1.29 is 5.11 Å². The molecule has 0 amide bonds. The summed E-state index contributed by atoms with van der Waals surface area (Å²) < 4.78 is -6.00. The molecule has 0 aliphatic heterocycles. The van der Waals surface area contributed by atoms with Crippen molar-refractivity contribution >= 4 is 81.2 Å². The number of benzene rings is 1. The molecule has 0 aliphatic carbocycles. The molecule has 0 aromatic heterocycles. The molecule has 0 bridgehead atoms. The summed E-state index contributed by atoms with van der Waals surface area (Å²) in [6.45, 7) is -0.141. The van der Waals surface area contributed by atoms with Gasteiger partial charge >= 0.3 is 0 Å². The van der Waals surface area contributed by atoms with Crippen molar-refractivity contribution in [2.75, 3.05) is 6.61 Å². The third kappa shape index (κ3) is 4.61.